The van der Waals surface area contributed by atoms with Gasteiger partial charge in [-0.05, 0) is 17.2 Å². The fourth-order valence-electron chi connectivity index (χ4n) is 2.78. The predicted molar refractivity (Wildman–Crippen MR) is 85.6 cm³/mol. The van der Waals surface area contributed by atoms with Gasteiger partial charge in [-0.15, -0.1) is 0 Å². The lowest BCUT2D eigenvalue weighted by molar-refractivity contribution is -0.144. The third-order valence-electron chi connectivity index (χ3n) is 3.97. The van der Waals surface area contributed by atoms with E-state index >= 15 is 0 Å². The van der Waals surface area contributed by atoms with Gasteiger partial charge in [-0.3, -0.25) is 9.59 Å². The van der Waals surface area contributed by atoms with Gasteiger partial charge < -0.3 is 10.2 Å². The van der Waals surface area contributed by atoms with Gasteiger partial charge in [-0.1, -0.05) is 48.5 Å². The van der Waals surface area contributed by atoms with Crippen LogP contribution < -0.4 is 5.32 Å². The van der Waals surface area contributed by atoms with Crippen molar-refractivity contribution in [3.05, 3.63) is 65.7 Å². The number of rotatable bonds is 4. The molecule has 4 nitrogen and oxygen atoms in total. The molecular formula is C18H18N2O2. The summed E-state index contributed by atoms with van der Waals surface area (Å²) in [6, 6.07) is 17.3. The van der Waals surface area contributed by atoms with Gasteiger partial charge in [0.25, 0.3) is 5.91 Å². The molecule has 1 N–H and O–H groups in total. The van der Waals surface area contributed by atoms with Crippen LogP contribution in [0.25, 0.3) is 0 Å². The number of para-hydroxylation sites is 1. The van der Waals surface area contributed by atoms with E-state index in [1.807, 2.05) is 54.6 Å². The zero-order chi connectivity index (χ0) is 15.5. The number of carbonyl (C=O) groups excluding carboxylic acids is 2. The zero-order valence-electron chi connectivity index (χ0n) is 12.5. The lowest BCUT2D eigenvalue weighted by Crippen LogP contribution is -2.36. The molecule has 1 unspecified atom stereocenters. The smallest absolute Gasteiger partial charge is 0.290 e. The number of Topliss-reactive ketones (excluding diaryl/α,β-unsaturated/α-hetero) is 1. The molecule has 4 heteroatoms. The Bertz CT molecular complexity index is 697. The molecule has 0 radical (unpaired) electrons. The number of nitrogens with one attached hydrogen (secondary N) is 1. The summed E-state index contributed by atoms with van der Waals surface area (Å²) in [7, 11) is 1.67. The highest BCUT2D eigenvalue weighted by atomic mass is 16.2. The number of ketones is 1. The molecule has 2 aromatic rings. The minimum atomic E-state index is -0.438. The summed E-state index contributed by atoms with van der Waals surface area (Å²) in [5, 5.41) is 3.18. The van der Waals surface area contributed by atoms with E-state index in [0.717, 1.165) is 16.8 Å². The second kappa shape index (κ2) is 6.02. The minimum Gasteiger partial charge on any atom is -0.384 e. The number of fused-ring (bicyclic) bond motifs is 1. The Morgan fingerprint density at radius 1 is 1.09 bits per heavy atom. The normalized spacial score (nSPS) is 15.8. The van der Waals surface area contributed by atoms with Gasteiger partial charge in [-0.2, -0.15) is 0 Å². The number of hydrogen-bond acceptors (Lipinski definition) is 3. The van der Waals surface area contributed by atoms with Crippen molar-refractivity contribution in [1.29, 1.82) is 0 Å². The Hall–Kier alpha value is -2.62. The lowest BCUT2D eigenvalue weighted by atomic mass is 9.96. The van der Waals surface area contributed by atoms with Gasteiger partial charge in [0, 0.05) is 25.8 Å². The molecule has 1 aliphatic rings. The molecule has 1 atom stereocenters. The molecule has 0 saturated carbocycles. The first kappa shape index (κ1) is 14.3. The zero-order valence-corrected chi connectivity index (χ0v) is 12.5. The van der Waals surface area contributed by atoms with Crippen LogP contribution in [0, 0.1) is 0 Å². The Morgan fingerprint density at radius 3 is 2.55 bits per heavy atom. The van der Waals surface area contributed by atoms with Gasteiger partial charge in [0.1, 0.15) is 0 Å². The summed E-state index contributed by atoms with van der Waals surface area (Å²) in [6.07, 6.45) is 0. The maximum Gasteiger partial charge on any atom is 0.290 e. The van der Waals surface area contributed by atoms with E-state index in [0.29, 0.717) is 13.1 Å². The van der Waals surface area contributed by atoms with Gasteiger partial charge in [-0.25, -0.2) is 0 Å². The van der Waals surface area contributed by atoms with E-state index in [1.54, 1.807) is 7.05 Å². The average Bonchev–Trinajstić information content (AvgIpc) is 2.98. The quantitative estimate of drug-likeness (QED) is 0.881. The summed E-state index contributed by atoms with van der Waals surface area (Å²) in [4.78, 5) is 26.4. The van der Waals surface area contributed by atoms with Crippen molar-refractivity contribution < 1.29 is 9.59 Å². The second-order valence-electron chi connectivity index (χ2n) is 5.53. The van der Waals surface area contributed by atoms with Gasteiger partial charge in [0.05, 0.1) is 5.92 Å². The fourth-order valence-corrected chi connectivity index (χ4v) is 2.78. The molecule has 1 aliphatic heterocycles. The first-order valence-corrected chi connectivity index (χ1v) is 7.33. The maximum atomic E-state index is 12.5. The summed E-state index contributed by atoms with van der Waals surface area (Å²) in [6.45, 7) is 0.927. The Labute approximate surface area is 129 Å². The van der Waals surface area contributed by atoms with Gasteiger partial charge in [0.15, 0.2) is 0 Å². The van der Waals surface area contributed by atoms with Crippen LogP contribution in [0.5, 0.6) is 0 Å². The molecule has 0 saturated heterocycles. The third-order valence-corrected chi connectivity index (χ3v) is 3.97. The molecule has 22 heavy (non-hydrogen) atoms. The van der Waals surface area contributed by atoms with Crippen LogP contribution in [0.15, 0.2) is 54.6 Å². The molecule has 112 valence electrons. The van der Waals surface area contributed by atoms with Gasteiger partial charge in [0.2, 0.25) is 5.78 Å². The Morgan fingerprint density at radius 2 is 1.77 bits per heavy atom. The average molecular weight is 294 g/mol. The standard InChI is InChI=1S/C18H18N2O2/c1-20(12-13-7-3-2-4-8-13)18(22)17(21)15-11-19-16-10-6-5-9-14(15)16/h2-10,15,19H,11-12H2,1H3. The minimum absolute atomic E-state index is 0.351. The van der Waals surface area contributed by atoms with Crippen molar-refractivity contribution in [2.45, 2.75) is 12.5 Å². The molecule has 1 heterocycles. The van der Waals surface area contributed by atoms with Crippen molar-refractivity contribution >= 4 is 17.4 Å². The molecule has 3 rings (SSSR count). The van der Waals surface area contributed by atoms with Crippen molar-refractivity contribution in [1.82, 2.24) is 4.90 Å². The molecule has 1 amide bonds. The largest absolute Gasteiger partial charge is 0.384 e. The van der Waals surface area contributed by atoms with Crippen molar-refractivity contribution in [3.8, 4) is 0 Å². The van der Waals surface area contributed by atoms with Crippen molar-refractivity contribution in [2.75, 3.05) is 18.9 Å². The summed E-state index contributed by atoms with van der Waals surface area (Å²) < 4.78 is 0. The van der Waals surface area contributed by atoms with E-state index < -0.39 is 5.91 Å². The van der Waals surface area contributed by atoms with Crippen LogP contribution in [0.1, 0.15) is 17.0 Å². The molecule has 0 fully saturated rings. The Balaban J connectivity index is 1.71. The molecule has 0 aliphatic carbocycles. The molecular weight excluding hydrogens is 276 g/mol. The number of benzene rings is 2. The lowest BCUT2D eigenvalue weighted by Gasteiger charge is -2.18. The van der Waals surface area contributed by atoms with E-state index in [4.69, 9.17) is 0 Å². The van der Waals surface area contributed by atoms with E-state index in [9.17, 15) is 9.59 Å². The molecule has 0 spiro atoms. The topological polar surface area (TPSA) is 49.4 Å². The van der Waals surface area contributed by atoms with Crippen LogP contribution in [0.4, 0.5) is 5.69 Å². The van der Waals surface area contributed by atoms with E-state index in [2.05, 4.69) is 5.32 Å². The summed E-state index contributed by atoms with van der Waals surface area (Å²) >= 11 is 0. The monoisotopic (exact) mass is 294 g/mol. The summed E-state index contributed by atoms with van der Waals surface area (Å²) in [5.41, 5.74) is 2.87. The SMILES string of the molecule is CN(Cc1ccccc1)C(=O)C(=O)C1CNc2ccccc21. The van der Waals surface area contributed by atoms with Crippen LogP contribution in [0.3, 0.4) is 0 Å². The maximum absolute atomic E-state index is 12.5. The van der Waals surface area contributed by atoms with Crippen molar-refractivity contribution in [3.63, 3.8) is 0 Å². The van der Waals surface area contributed by atoms with E-state index in [1.165, 1.54) is 4.90 Å². The third kappa shape index (κ3) is 2.72. The van der Waals surface area contributed by atoms with Crippen LogP contribution in [-0.2, 0) is 16.1 Å². The highest BCUT2D eigenvalue weighted by Gasteiger charge is 2.33. The van der Waals surface area contributed by atoms with Crippen LogP contribution in [-0.4, -0.2) is 30.2 Å². The molecule has 0 bridgehead atoms. The number of carbonyl (C=O) groups is 2. The number of anilines is 1. The van der Waals surface area contributed by atoms with Gasteiger partial charge >= 0.3 is 0 Å². The summed E-state index contributed by atoms with van der Waals surface area (Å²) in [5.74, 6) is -1.18. The van der Waals surface area contributed by atoms with E-state index in [-0.39, 0.29) is 11.7 Å². The first-order valence-electron chi connectivity index (χ1n) is 7.33. The van der Waals surface area contributed by atoms with Crippen LogP contribution >= 0.6 is 0 Å². The fraction of sp³-hybridized carbons (Fsp3) is 0.222. The number of amides is 1. The van der Waals surface area contributed by atoms with Crippen LogP contribution in [0.2, 0.25) is 0 Å². The predicted octanol–water partition coefficient (Wildman–Crippen LogP) is 2.42. The highest BCUT2D eigenvalue weighted by Crippen LogP contribution is 2.31. The Kier molecular flexibility index (Phi) is 3.92. The molecule has 2 aromatic carbocycles. The number of hydrogen-bond donors (Lipinski definition) is 1. The number of likely N-dealkylation sites (N-methyl/N-ethyl adjacent to an activating group) is 1. The second-order valence-corrected chi connectivity index (χ2v) is 5.53. The highest BCUT2D eigenvalue weighted by molar-refractivity contribution is 6.38. The number of nitrogens with zero attached hydrogens (tertiary/aromatic N) is 1. The molecule has 0 aromatic heterocycles. The first-order chi connectivity index (χ1) is 10.7. The van der Waals surface area contributed by atoms with Crippen molar-refractivity contribution in [2.24, 2.45) is 0 Å².